The van der Waals surface area contributed by atoms with Crippen LogP contribution in [0.15, 0.2) is 30.5 Å². The van der Waals surface area contributed by atoms with Gasteiger partial charge in [-0.05, 0) is 6.92 Å². The standard InChI is InChI=1S/C10H11N3/c1-8-3-5-9(6-4-8)10-7-11-12-13(10)2/h3-7H,1-2H3. The van der Waals surface area contributed by atoms with Crippen LogP contribution in [-0.4, -0.2) is 15.0 Å². The molecule has 0 aliphatic heterocycles. The molecule has 0 aliphatic carbocycles. The number of aryl methyl sites for hydroxylation is 2. The molecule has 1 aromatic heterocycles. The third-order valence-corrected chi connectivity index (χ3v) is 2.06. The molecule has 1 heterocycles. The maximum Gasteiger partial charge on any atom is 0.0882 e. The van der Waals surface area contributed by atoms with Gasteiger partial charge in [-0.25, -0.2) is 4.68 Å². The fraction of sp³-hybridized carbons (Fsp3) is 0.200. The van der Waals surface area contributed by atoms with Crippen molar-refractivity contribution in [2.75, 3.05) is 0 Å². The zero-order chi connectivity index (χ0) is 9.26. The van der Waals surface area contributed by atoms with Gasteiger partial charge in [-0.2, -0.15) is 0 Å². The van der Waals surface area contributed by atoms with Gasteiger partial charge in [-0.1, -0.05) is 35.0 Å². The van der Waals surface area contributed by atoms with E-state index < -0.39 is 0 Å². The first-order chi connectivity index (χ1) is 6.27. The van der Waals surface area contributed by atoms with Gasteiger partial charge in [0.15, 0.2) is 0 Å². The average Bonchev–Trinajstić information content (AvgIpc) is 2.53. The van der Waals surface area contributed by atoms with Gasteiger partial charge in [0.05, 0.1) is 11.9 Å². The molecule has 0 amide bonds. The predicted molar refractivity (Wildman–Crippen MR) is 51.2 cm³/mol. The summed E-state index contributed by atoms with van der Waals surface area (Å²) in [5.41, 5.74) is 3.46. The van der Waals surface area contributed by atoms with Crippen LogP contribution in [0.3, 0.4) is 0 Å². The lowest BCUT2D eigenvalue weighted by Gasteiger charge is -2.00. The smallest absolute Gasteiger partial charge is 0.0882 e. The van der Waals surface area contributed by atoms with Crippen LogP contribution in [-0.2, 0) is 7.05 Å². The molecule has 0 saturated carbocycles. The summed E-state index contributed by atoms with van der Waals surface area (Å²) >= 11 is 0. The Kier molecular flexibility index (Phi) is 1.85. The van der Waals surface area contributed by atoms with Gasteiger partial charge >= 0.3 is 0 Å². The van der Waals surface area contributed by atoms with Gasteiger partial charge in [0, 0.05) is 12.6 Å². The van der Waals surface area contributed by atoms with E-state index in [4.69, 9.17) is 0 Å². The highest BCUT2D eigenvalue weighted by molar-refractivity contribution is 5.58. The summed E-state index contributed by atoms with van der Waals surface area (Å²) in [6.45, 7) is 2.07. The summed E-state index contributed by atoms with van der Waals surface area (Å²) in [6.07, 6.45) is 1.77. The minimum atomic E-state index is 1.04. The second kappa shape index (κ2) is 3.01. The second-order valence-corrected chi connectivity index (χ2v) is 3.11. The number of aromatic nitrogens is 3. The summed E-state index contributed by atoms with van der Waals surface area (Å²) in [7, 11) is 1.89. The molecule has 66 valence electrons. The molecule has 3 nitrogen and oxygen atoms in total. The van der Waals surface area contributed by atoms with Gasteiger partial charge in [-0.15, -0.1) is 5.10 Å². The van der Waals surface area contributed by atoms with E-state index in [0.717, 1.165) is 11.3 Å². The number of benzene rings is 1. The number of hydrogen-bond donors (Lipinski definition) is 0. The highest BCUT2D eigenvalue weighted by Gasteiger charge is 2.01. The molecule has 0 atom stereocenters. The van der Waals surface area contributed by atoms with Crippen LogP contribution in [0.5, 0.6) is 0 Å². The minimum absolute atomic E-state index is 1.04. The Morgan fingerprint density at radius 2 is 1.85 bits per heavy atom. The zero-order valence-electron chi connectivity index (χ0n) is 7.73. The lowest BCUT2D eigenvalue weighted by Crippen LogP contribution is -1.93. The van der Waals surface area contributed by atoms with Crippen molar-refractivity contribution in [2.24, 2.45) is 7.05 Å². The second-order valence-electron chi connectivity index (χ2n) is 3.11. The van der Waals surface area contributed by atoms with Gasteiger partial charge in [0.1, 0.15) is 0 Å². The van der Waals surface area contributed by atoms with E-state index in [1.807, 2.05) is 7.05 Å². The molecule has 13 heavy (non-hydrogen) atoms. The number of rotatable bonds is 1. The van der Waals surface area contributed by atoms with Crippen LogP contribution in [0.4, 0.5) is 0 Å². The Labute approximate surface area is 77.0 Å². The zero-order valence-corrected chi connectivity index (χ0v) is 7.73. The molecule has 2 rings (SSSR count). The van der Waals surface area contributed by atoms with Crippen molar-refractivity contribution in [1.29, 1.82) is 0 Å². The fourth-order valence-corrected chi connectivity index (χ4v) is 1.28. The Balaban J connectivity index is 2.47. The number of hydrogen-bond acceptors (Lipinski definition) is 2. The third-order valence-electron chi connectivity index (χ3n) is 2.06. The molecule has 3 heteroatoms. The first-order valence-electron chi connectivity index (χ1n) is 4.19. The predicted octanol–water partition coefficient (Wildman–Crippen LogP) is 1.79. The number of nitrogens with zero attached hydrogens (tertiary/aromatic N) is 3. The Morgan fingerprint density at radius 1 is 1.15 bits per heavy atom. The Hall–Kier alpha value is -1.64. The molecule has 0 saturated heterocycles. The SMILES string of the molecule is Cc1ccc(-c2cnnn2C)cc1. The van der Waals surface area contributed by atoms with E-state index >= 15 is 0 Å². The maximum atomic E-state index is 3.88. The molecule has 0 aliphatic rings. The Morgan fingerprint density at radius 3 is 2.38 bits per heavy atom. The van der Waals surface area contributed by atoms with Crippen LogP contribution in [0, 0.1) is 6.92 Å². The first kappa shape index (κ1) is 7.98. The molecule has 0 unspecified atom stereocenters. The lowest BCUT2D eigenvalue weighted by atomic mass is 10.1. The van der Waals surface area contributed by atoms with Gasteiger partial charge in [-0.3, -0.25) is 0 Å². The van der Waals surface area contributed by atoms with E-state index in [9.17, 15) is 0 Å². The topological polar surface area (TPSA) is 30.7 Å². The molecule has 0 spiro atoms. The summed E-state index contributed by atoms with van der Waals surface area (Å²) in [5.74, 6) is 0. The molecular formula is C10H11N3. The minimum Gasteiger partial charge on any atom is -0.248 e. The van der Waals surface area contributed by atoms with Crippen LogP contribution < -0.4 is 0 Å². The Bertz CT molecular complexity index is 400. The van der Waals surface area contributed by atoms with Crippen molar-refractivity contribution in [3.8, 4) is 11.3 Å². The van der Waals surface area contributed by atoms with Crippen molar-refractivity contribution in [1.82, 2.24) is 15.0 Å². The van der Waals surface area contributed by atoms with E-state index in [2.05, 4.69) is 41.5 Å². The monoisotopic (exact) mass is 173 g/mol. The molecule has 1 aromatic carbocycles. The van der Waals surface area contributed by atoms with Crippen LogP contribution in [0.1, 0.15) is 5.56 Å². The van der Waals surface area contributed by atoms with Gasteiger partial charge in [0.25, 0.3) is 0 Å². The lowest BCUT2D eigenvalue weighted by molar-refractivity contribution is 0.720. The first-order valence-corrected chi connectivity index (χ1v) is 4.19. The van der Waals surface area contributed by atoms with Gasteiger partial charge in [0.2, 0.25) is 0 Å². The fourth-order valence-electron chi connectivity index (χ4n) is 1.28. The highest BCUT2D eigenvalue weighted by atomic mass is 15.4. The van der Waals surface area contributed by atoms with E-state index in [0.29, 0.717) is 0 Å². The molecular weight excluding hydrogens is 162 g/mol. The van der Waals surface area contributed by atoms with Crippen molar-refractivity contribution < 1.29 is 0 Å². The van der Waals surface area contributed by atoms with E-state index in [1.165, 1.54) is 5.56 Å². The molecule has 0 bridgehead atoms. The van der Waals surface area contributed by atoms with Crippen LogP contribution in [0.25, 0.3) is 11.3 Å². The largest absolute Gasteiger partial charge is 0.248 e. The maximum absolute atomic E-state index is 3.88. The third kappa shape index (κ3) is 1.45. The summed E-state index contributed by atoms with van der Waals surface area (Å²) in [5, 5.41) is 7.72. The van der Waals surface area contributed by atoms with Crippen molar-refractivity contribution in [3.05, 3.63) is 36.0 Å². The van der Waals surface area contributed by atoms with Crippen LogP contribution >= 0.6 is 0 Å². The molecule has 2 aromatic rings. The van der Waals surface area contributed by atoms with Crippen molar-refractivity contribution in [2.45, 2.75) is 6.92 Å². The highest BCUT2D eigenvalue weighted by Crippen LogP contribution is 2.16. The van der Waals surface area contributed by atoms with Gasteiger partial charge < -0.3 is 0 Å². The molecule has 0 N–H and O–H groups in total. The average molecular weight is 173 g/mol. The molecule has 0 fully saturated rings. The quantitative estimate of drug-likeness (QED) is 0.658. The van der Waals surface area contributed by atoms with Crippen LogP contribution in [0.2, 0.25) is 0 Å². The summed E-state index contributed by atoms with van der Waals surface area (Å²) in [4.78, 5) is 0. The van der Waals surface area contributed by atoms with Crippen molar-refractivity contribution in [3.63, 3.8) is 0 Å². The van der Waals surface area contributed by atoms with E-state index in [-0.39, 0.29) is 0 Å². The summed E-state index contributed by atoms with van der Waals surface area (Å²) < 4.78 is 1.77. The van der Waals surface area contributed by atoms with E-state index in [1.54, 1.807) is 10.9 Å². The molecule has 0 radical (unpaired) electrons. The van der Waals surface area contributed by atoms with Crippen molar-refractivity contribution >= 4 is 0 Å². The summed E-state index contributed by atoms with van der Waals surface area (Å²) in [6, 6.07) is 8.33. The normalized spacial score (nSPS) is 10.3.